The number of anilines is 1. The van der Waals surface area contributed by atoms with Gasteiger partial charge in [-0.05, 0) is 43.7 Å². The Hall–Kier alpha value is -3.61. The summed E-state index contributed by atoms with van der Waals surface area (Å²) in [6.45, 7) is 2.98. The van der Waals surface area contributed by atoms with E-state index in [0.29, 0.717) is 11.3 Å². The molecule has 1 unspecified atom stereocenters. The molecule has 0 bridgehead atoms. The maximum atomic E-state index is 13.0. The molecule has 7 nitrogen and oxygen atoms in total. The zero-order chi connectivity index (χ0) is 26.2. The number of hydrogen-bond donors (Lipinski definition) is 1. The number of nitrogens with zero attached hydrogens (tertiary/aromatic N) is 3. The summed E-state index contributed by atoms with van der Waals surface area (Å²) in [6.07, 6.45) is -6.29. The van der Waals surface area contributed by atoms with E-state index >= 15 is 0 Å². The summed E-state index contributed by atoms with van der Waals surface area (Å²) in [4.78, 5) is 24.0. The van der Waals surface area contributed by atoms with Gasteiger partial charge in [-0.1, -0.05) is 46.8 Å². The molecule has 0 saturated heterocycles. The molecular weight excluding hydrogens is 495 g/mol. The average Bonchev–Trinajstić information content (AvgIpc) is 3.29. The Kier molecular flexibility index (Phi) is 9.63. The van der Waals surface area contributed by atoms with Crippen LogP contribution in [0.5, 0.6) is 5.19 Å². The molecular formula is C22H21F5N4O3S. The molecule has 1 aromatic heterocycles. The number of rotatable bonds is 7. The summed E-state index contributed by atoms with van der Waals surface area (Å²) < 4.78 is 68.1. The highest BCUT2D eigenvalue weighted by atomic mass is 32.1. The molecule has 2 amide bonds. The van der Waals surface area contributed by atoms with Gasteiger partial charge in [0.05, 0.1) is 0 Å². The van der Waals surface area contributed by atoms with Crippen molar-refractivity contribution in [1.29, 1.82) is 0 Å². The monoisotopic (exact) mass is 516 g/mol. The molecule has 0 aliphatic carbocycles. The Morgan fingerprint density at radius 1 is 1.06 bits per heavy atom. The first kappa shape index (κ1) is 27.6. The van der Waals surface area contributed by atoms with E-state index < -0.39 is 41.6 Å². The molecule has 0 aliphatic rings. The van der Waals surface area contributed by atoms with Crippen molar-refractivity contribution in [3.63, 3.8) is 0 Å². The molecule has 1 atom stereocenters. The summed E-state index contributed by atoms with van der Waals surface area (Å²) in [5.41, 5.74) is 5.51. The van der Waals surface area contributed by atoms with Crippen LogP contribution in [0.3, 0.4) is 0 Å². The second-order valence-corrected chi connectivity index (χ2v) is 8.11. The molecule has 1 heterocycles. The van der Waals surface area contributed by atoms with E-state index in [4.69, 9.17) is 10.5 Å². The van der Waals surface area contributed by atoms with Crippen LogP contribution in [0.2, 0.25) is 0 Å². The first-order valence-electron chi connectivity index (χ1n) is 9.99. The number of alkyl halides is 4. The van der Waals surface area contributed by atoms with Crippen LogP contribution in [0.1, 0.15) is 30.6 Å². The molecule has 3 aromatic rings. The van der Waals surface area contributed by atoms with Gasteiger partial charge in [0, 0.05) is 11.7 Å². The van der Waals surface area contributed by atoms with Crippen molar-refractivity contribution in [3.05, 3.63) is 71.0 Å². The number of benzene rings is 2. The molecule has 3 rings (SSSR count). The normalized spacial score (nSPS) is 11.9. The maximum Gasteiger partial charge on any atom is 0.445 e. The zero-order valence-electron chi connectivity index (χ0n) is 18.5. The van der Waals surface area contributed by atoms with Gasteiger partial charge in [0.2, 0.25) is 11.2 Å². The van der Waals surface area contributed by atoms with Gasteiger partial charge >= 0.3 is 6.18 Å². The number of amides is 2. The van der Waals surface area contributed by atoms with Crippen LogP contribution in [0.4, 0.5) is 27.6 Å². The van der Waals surface area contributed by atoms with Crippen molar-refractivity contribution in [2.75, 3.05) is 11.5 Å². The van der Waals surface area contributed by atoms with Crippen molar-refractivity contribution in [2.45, 2.75) is 32.2 Å². The minimum Gasteiger partial charge on any atom is -0.459 e. The quantitative estimate of drug-likeness (QED) is 0.459. The minimum atomic E-state index is -4.61. The number of aromatic nitrogens is 2. The van der Waals surface area contributed by atoms with Crippen molar-refractivity contribution in [2.24, 2.45) is 5.73 Å². The molecule has 2 aromatic carbocycles. The molecule has 0 radical (unpaired) electrons. The first-order chi connectivity index (χ1) is 16.4. The largest absolute Gasteiger partial charge is 0.459 e. The highest BCUT2D eigenvalue weighted by molar-refractivity contribution is 7.13. The third-order valence-corrected chi connectivity index (χ3v) is 5.08. The van der Waals surface area contributed by atoms with E-state index in [2.05, 4.69) is 10.2 Å². The topological polar surface area (TPSA) is 98.4 Å². The fourth-order valence-electron chi connectivity index (χ4n) is 2.69. The van der Waals surface area contributed by atoms with Crippen LogP contribution >= 0.6 is 11.3 Å². The number of nitrogens with two attached hydrogens (primary N) is 1. The highest BCUT2D eigenvalue weighted by Gasteiger charge is 2.36. The molecule has 35 heavy (non-hydrogen) atoms. The van der Waals surface area contributed by atoms with Gasteiger partial charge in [-0.15, -0.1) is 5.10 Å². The second kappa shape index (κ2) is 12.2. The van der Waals surface area contributed by atoms with Crippen LogP contribution in [-0.2, 0) is 15.8 Å². The molecule has 0 fully saturated rings. The average molecular weight is 516 g/mol. The third kappa shape index (κ3) is 8.28. The SMILES string of the molecule is CC(C)N(C(=O)COc1nnc(C(F)(F)F)s1)c1ccc(F)cc1.NC(=O)C(F)c1ccccc1. The van der Waals surface area contributed by atoms with E-state index in [1.165, 1.54) is 41.3 Å². The summed E-state index contributed by atoms with van der Waals surface area (Å²) in [7, 11) is 0. The van der Waals surface area contributed by atoms with Crippen LogP contribution in [0, 0.1) is 5.82 Å². The van der Waals surface area contributed by atoms with Gasteiger partial charge in [0.15, 0.2) is 6.61 Å². The fourth-order valence-corrected chi connectivity index (χ4v) is 3.26. The minimum absolute atomic E-state index is 0.210. The fraction of sp³-hybridized carbons (Fsp3) is 0.273. The molecule has 2 N–H and O–H groups in total. The van der Waals surface area contributed by atoms with Crippen molar-refractivity contribution >= 4 is 28.8 Å². The van der Waals surface area contributed by atoms with E-state index in [9.17, 15) is 31.5 Å². The lowest BCUT2D eigenvalue weighted by atomic mass is 10.1. The van der Waals surface area contributed by atoms with Crippen LogP contribution in [0.25, 0.3) is 0 Å². The molecule has 0 spiro atoms. The summed E-state index contributed by atoms with van der Waals surface area (Å²) in [6, 6.07) is 13.1. The van der Waals surface area contributed by atoms with E-state index in [0.717, 1.165) is 0 Å². The lowest BCUT2D eigenvalue weighted by Gasteiger charge is -2.26. The summed E-state index contributed by atoms with van der Waals surface area (Å²) >= 11 is 0.210. The standard InChI is InChI=1S/C14H13F4N3O2S.C8H8FNO/c1-8(2)21(10-5-3-9(15)4-6-10)11(22)7-23-13-20-19-12(24-13)14(16,17)18;9-7(8(10)11)6-4-2-1-3-5-6/h3-6,8H,7H2,1-2H3;1-5,7H,(H2,10,11). The Balaban J connectivity index is 0.000000328. The van der Waals surface area contributed by atoms with Crippen molar-refractivity contribution in [1.82, 2.24) is 10.2 Å². The summed E-state index contributed by atoms with van der Waals surface area (Å²) in [5, 5.41) is 4.72. The predicted octanol–water partition coefficient (Wildman–Crippen LogP) is 4.70. The molecule has 188 valence electrons. The van der Waals surface area contributed by atoms with Gasteiger partial charge in [0.1, 0.15) is 5.82 Å². The number of halogens is 5. The highest BCUT2D eigenvalue weighted by Crippen LogP contribution is 2.33. The summed E-state index contributed by atoms with van der Waals surface area (Å²) in [5.74, 6) is -1.89. The van der Waals surface area contributed by atoms with Crippen LogP contribution in [-0.4, -0.2) is 34.7 Å². The Morgan fingerprint density at radius 2 is 1.66 bits per heavy atom. The van der Waals surface area contributed by atoms with Gasteiger partial charge in [0.25, 0.3) is 17.0 Å². The van der Waals surface area contributed by atoms with E-state index in [-0.39, 0.29) is 22.6 Å². The smallest absolute Gasteiger partial charge is 0.445 e. The maximum absolute atomic E-state index is 13.0. The number of hydrogen-bond acceptors (Lipinski definition) is 6. The van der Waals surface area contributed by atoms with Gasteiger partial charge in [-0.25, -0.2) is 8.78 Å². The van der Waals surface area contributed by atoms with Crippen molar-refractivity contribution in [3.8, 4) is 5.19 Å². The number of carbonyl (C=O) groups excluding carboxylic acids is 2. The van der Waals surface area contributed by atoms with Gasteiger partial charge < -0.3 is 15.4 Å². The first-order valence-corrected chi connectivity index (χ1v) is 10.8. The molecule has 13 heteroatoms. The van der Waals surface area contributed by atoms with Gasteiger partial charge in [-0.2, -0.15) is 13.2 Å². The van der Waals surface area contributed by atoms with Crippen molar-refractivity contribution < 1.29 is 36.3 Å². The third-order valence-electron chi connectivity index (χ3n) is 4.20. The Morgan fingerprint density at radius 3 is 2.14 bits per heavy atom. The Bertz CT molecular complexity index is 1110. The lowest BCUT2D eigenvalue weighted by molar-refractivity contribution is -0.138. The van der Waals surface area contributed by atoms with Gasteiger partial charge in [-0.3, -0.25) is 9.59 Å². The van der Waals surface area contributed by atoms with E-state index in [1.54, 1.807) is 32.0 Å². The number of ether oxygens (including phenoxy) is 1. The number of primary amides is 1. The zero-order valence-corrected chi connectivity index (χ0v) is 19.3. The predicted molar refractivity (Wildman–Crippen MR) is 119 cm³/mol. The van der Waals surface area contributed by atoms with Crippen LogP contribution in [0.15, 0.2) is 54.6 Å². The molecule has 0 saturated carbocycles. The second-order valence-electron chi connectivity index (χ2n) is 7.17. The Labute approximate surface area is 201 Å². The molecule has 0 aliphatic heterocycles. The number of carbonyl (C=O) groups is 2. The van der Waals surface area contributed by atoms with Crippen LogP contribution < -0.4 is 15.4 Å². The van der Waals surface area contributed by atoms with E-state index in [1.807, 2.05) is 0 Å². The lowest BCUT2D eigenvalue weighted by Crippen LogP contribution is -2.40.